The zero-order valence-corrected chi connectivity index (χ0v) is 14.0. The summed E-state index contributed by atoms with van der Waals surface area (Å²) in [6.45, 7) is 6.44. The van der Waals surface area contributed by atoms with Gasteiger partial charge in [-0.15, -0.1) is 0 Å². The van der Waals surface area contributed by atoms with Crippen LogP contribution in [-0.2, 0) is 10.0 Å². The highest BCUT2D eigenvalue weighted by atomic mass is 35.5. The number of hydrogen-bond donors (Lipinski definition) is 2. The van der Waals surface area contributed by atoms with Gasteiger partial charge < -0.3 is 10.2 Å². The molecule has 0 aliphatic rings. The largest absolute Gasteiger partial charge is 0.354 e. The molecule has 8 nitrogen and oxygen atoms in total. The van der Waals surface area contributed by atoms with E-state index in [0.29, 0.717) is 31.4 Å². The van der Waals surface area contributed by atoms with E-state index in [1.54, 1.807) is 0 Å². The molecule has 0 aliphatic carbocycles. The van der Waals surface area contributed by atoms with Crippen LogP contribution in [0.4, 0.5) is 11.9 Å². The van der Waals surface area contributed by atoms with E-state index < -0.39 is 10.0 Å². The third-order valence-corrected chi connectivity index (χ3v) is 3.54. The van der Waals surface area contributed by atoms with Crippen LogP contribution in [0.3, 0.4) is 0 Å². The van der Waals surface area contributed by atoms with Crippen LogP contribution in [-0.4, -0.2) is 55.8 Å². The lowest BCUT2D eigenvalue weighted by Gasteiger charge is -2.18. The van der Waals surface area contributed by atoms with Crippen LogP contribution in [0.1, 0.15) is 20.3 Å². The van der Waals surface area contributed by atoms with E-state index in [9.17, 15) is 8.42 Å². The first-order valence-corrected chi connectivity index (χ1v) is 8.97. The van der Waals surface area contributed by atoms with E-state index in [1.165, 1.54) is 0 Å². The van der Waals surface area contributed by atoms with Crippen LogP contribution in [0, 0.1) is 0 Å². The van der Waals surface area contributed by atoms with Crippen molar-refractivity contribution in [3.63, 3.8) is 0 Å². The molecule has 0 aliphatic heterocycles. The van der Waals surface area contributed by atoms with Crippen molar-refractivity contribution in [1.82, 2.24) is 19.7 Å². The maximum Gasteiger partial charge on any atom is 0.231 e. The Labute approximate surface area is 130 Å². The molecule has 0 fully saturated rings. The highest BCUT2D eigenvalue weighted by Gasteiger charge is 2.09. The minimum atomic E-state index is -3.15. The van der Waals surface area contributed by atoms with Gasteiger partial charge in [-0.3, -0.25) is 0 Å². The monoisotopic (exact) mass is 336 g/mol. The van der Waals surface area contributed by atoms with Gasteiger partial charge in [0.15, 0.2) is 0 Å². The van der Waals surface area contributed by atoms with Crippen LogP contribution < -0.4 is 14.9 Å². The lowest BCUT2D eigenvalue weighted by molar-refractivity contribution is 0.586. The predicted molar refractivity (Wildman–Crippen MR) is 84.4 cm³/mol. The van der Waals surface area contributed by atoms with Crippen LogP contribution in [0.15, 0.2) is 0 Å². The van der Waals surface area contributed by atoms with Gasteiger partial charge in [0.1, 0.15) is 0 Å². The van der Waals surface area contributed by atoms with Crippen molar-refractivity contribution in [1.29, 1.82) is 0 Å². The molecular formula is C11H21ClN6O2S. The van der Waals surface area contributed by atoms with Crippen LogP contribution >= 0.6 is 11.6 Å². The summed E-state index contributed by atoms with van der Waals surface area (Å²) in [5, 5.41) is 3.14. The SMILES string of the molecule is CCN(CC)c1nc(Cl)nc(NCCCNS(C)(=O)=O)n1. The Morgan fingerprint density at radius 2 is 1.81 bits per heavy atom. The number of halogens is 1. The zero-order chi connectivity index (χ0) is 15.9. The Balaban J connectivity index is 2.55. The van der Waals surface area contributed by atoms with Gasteiger partial charge in [0, 0.05) is 26.2 Å². The molecule has 120 valence electrons. The highest BCUT2D eigenvalue weighted by molar-refractivity contribution is 7.88. The molecule has 0 saturated carbocycles. The fraction of sp³-hybridized carbons (Fsp3) is 0.727. The minimum absolute atomic E-state index is 0.128. The number of aromatic nitrogens is 3. The van der Waals surface area contributed by atoms with Crippen LogP contribution in [0.2, 0.25) is 5.28 Å². The fourth-order valence-electron chi connectivity index (χ4n) is 1.61. The van der Waals surface area contributed by atoms with Gasteiger partial charge in [-0.05, 0) is 31.9 Å². The second kappa shape index (κ2) is 8.30. The van der Waals surface area contributed by atoms with E-state index in [4.69, 9.17) is 11.6 Å². The number of sulfonamides is 1. The molecule has 0 radical (unpaired) electrons. The second-order valence-electron chi connectivity index (χ2n) is 4.35. The molecule has 0 aromatic carbocycles. The Hall–Kier alpha value is -1.19. The van der Waals surface area contributed by atoms with Crippen molar-refractivity contribution in [3.8, 4) is 0 Å². The number of hydrogen-bond acceptors (Lipinski definition) is 7. The quantitative estimate of drug-likeness (QED) is 0.641. The van der Waals surface area contributed by atoms with Gasteiger partial charge in [0.05, 0.1) is 6.26 Å². The molecule has 10 heteroatoms. The molecule has 21 heavy (non-hydrogen) atoms. The van der Waals surface area contributed by atoms with Crippen LogP contribution in [0.5, 0.6) is 0 Å². The standard InChI is InChI=1S/C11H21ClN6O2S/c1-4-18(5-2)11-16-9(12)15-10(17-11)13-7-6-8-14-21(3,19)20/h14H,4-8H2,1-3H3,(H,13,15,16,17). The molecule has 1 aromatic rings. The highest BCUT2D eigenvalue weighted by Crippen LogP contribution is 2.13. The Kier molecular flexibility index (Phi) is 7.06. The average Bonchev–Trinajstić information content (AvgIpc) is 2.38. The Morgan fingerprint density at radius 1 is 1.14 bits per heavy atom. The summed E-state index contributed by atoms with van der Waals surface area (Å²) >= 11 is 5.89. The number of rotatable bonds is 9. The zero-order valence-electron chi connectivity index (χ0n) is 12.4. The topological polar surface area (TPSA) is 100 Å². The molecule has 1 heterocycles. The van der Waals surface area contributed by atoms with Crippen molar-refractivity contribution in [2.24, 2.45) is 0 Å². The summed E-state index contributed by atoms with van der Waals surface area (Å²) in [6.07, 6.45) is 1.74. The first-order valence-electron chi connectivity index (χ1n) is 6.70. The molecule has 0 spiro atoms. The van der Waals surface area contributed by atoms with E-state index >= 15 is 0 Å². The molecular weight excluding hydrogens is 316 g/mol. The molecule has 0 amide bonds. The van der Waals surface area contributed by atoms with Crippen molar-refractivity contribution >= 4 is 33.5 Å². The minimum Gasteiger partial charge on any atom is -0.354 e. The molecule has 0 saturated heterocycles. The maximum absolute atomic E-state index is 10.9. The summed E-state index contributed by atoms with van der Waals surface area (Å²) in [4.78, 5) is 14.3. The summed E-state index contributed by atoms with van der Waals surface area (Å²) < 4.78 is 24.2. The number of anilines is 2. The van der Waals surface area contributed by atoms with Crippen molar-refractivity contribution in [2.75, 3.05) is 42.7 Å². The molecule has 1 aromatic heterocycles. The third-order valence-electron chi connectivity index (χ3n) is 2.64. The van der Waals surface area contributed by atoms with E-state index in [1.807, 2.05) is 18.7 Å². The van der Waals surface area contributed by atoms with E-state index in [-0.39, 0.29) is 5.28 Å². The predicted octanol–water partition coefficient (Wildman–Crippen LogP) is 0.722. The van der Waals surface area contributed by atoms with Gasteiger partial charge in [0.2, 0.25) is 27.2 Å². The number of nitrogens with zero attached hydrogens (tertiary/aromatic N) is 4. The van der Waals surface area contributed by atoms with E-state index in [0.717, 1.165) is 19.3 Å². The van der Waals surface area contributed by atoms with Gasteiger partial charge in [-0.2, -0.15) is 15.0 Å². The van der Waals surface area contributed by atoms with Gasteiger partial charge in [0.25, 0.3) is 0 Å². The summed E-state index contributed by atoms with van der Waals surface area (Å²) in [6, 6.07) is 0. The van der Waals surface area contributed by atoms with Crippen molar-refractivity contribution in [2.45, 2.75) is 20.3 Å². The second-order valence-corrected chi connectivity index (χ2v) is 6.52. The smallest absolute Gasteiger partial charge is 0.231 e. The Morgan fingerprint density at radius 3 is 2.38 bits per heavy atom. The molecule has 0 unspecified atom stereocenters. The maximum atomic E-state index is 10.9. The summed E-state index contributed by atoms with van der Waals surface area (Å²) in [5.41, 5.74) is 0. The number of nitrogens with one attached hydrogen (secondary N) is 2. The van der Waals surface area contributed by atoms with Gasteiger partial charge in [-0.1, -0.05) is 0 Å². The lowest BCUT2D eigenvalue weighted by atomic mass is 10.4. The summed E-state index contributed by atoms with van der Waals surface area (Å²) in [5.74, 6) is 0.910. The summed E-state index contributed by atoms with van der Waals surface area (Å²) in [7, 11) is -3.15. The van der Waals surface area contributed by atoms with Gasteiger partial charge in [-0.25, -0.2) is 13.1 Å². The Bertz CT molecular complexity index is 550. The fourth-order valence-corrected chi connectivity index (χ4v) is 2.28. The average molecular weight is 337 g/mol. The molecule has 2 N–H and O–H groups in total. The van der Waals surface area contributed by atoms with Crippen molar-refractivity contribution in [3.05, 3.63) is 5.28 Å². The normalized spacial score (nSPS) is 11.4. The first-order chi connectivity index (χ1) is 9.85. The molecule has 1 rings (SSSR count). The van der Waals surface area contributed by atoms with Crippen molar-refractivity contribution < 1.29 is 8.42 Å². The molecule has 0 bridgehead atoms. The van der Waals surface area contributed by atoms with E-state index in [2.05, 4.69) is 25.0 Å². The van der Waals surface area contributed by atoms with Gasteiger partial charge >= 0.3 is 0 Å². The third kappa shape index (κ3) is 6.87. The molecule has 0 atom stereocenters. The first kappa shape index (κ1) is 17.9. The lowest BCUT2D eigenvalue weighted by Crippen LogP contribution is -2.26. The van der Waals surface area contributed by atoms with Crippen LogP contribution in [0.25, 0.3) is 0 Å².